The van der Waals surface area contributed by atoms with Crippen molar-refractivity contribution in [1.82, 2.24) is 19.6 Å². The fraction of sp³-hybridized carbons (Fsp3) is 0.100. The number of aryl methyl sites for hydroxylation is 1. The van der Waals surface area contributed by atoms with E-state index in [2.05, 4.69) is 20.4 Å². The first-order chi connectivity index (χ1) is 13.8. The van der Waals surface area contributed by atoms with E-state index in [0.717, 1.165) is 11.8 Å². The number of anilines is 1. The number of alkyl halides is 3. The maximum Gasteiger partial charge on any atom is 0.417 e. The van der Waals surface area contributed by atoms with Crippen LogP contribution in [-0.2, 0) is 6.18 Å². The lowest BCUT2D eigenvalue weighted by atomic mass is 10.0. The number of pyridine rings is 1. The van der Waals surface area contributed by atoms with Gasteiger partial charge in [-0.15, -0.1) is 0 Å². The van der Waals surface area contributed by atoms with Crippen LogP contribution in [0.15, 0.2) is 60.8 Å². The maximum absolute atomic E-state index is 13.4. The normalized spacial score (nSPS) is 11.6. The van der Waals surface area contributed by atoms with Crippen LogP contribution in [-0.4, -0.2) is 25.5 Å². The second-order valence-electron chi connectivity index (χ2n) is 6.29. The minimum absolute atomic E-state index is 0.0751. The van der Waals surface area contributed by atoms with E-state index < -0.39 is 17.6 Å². The van der Waals surface area contributed by atoms with Crippen molar-refractivity contribution >= 4 is 17.4 Å². The number of fused-ring (bicyclic) bond motifs is 1. The number of nitrogens with one attached hydrogen (secondary N) is 1. The van der Waals surface area contributed by atoms with Crippen molar-refractivity contribution in [2.24, 2.45) is 0 Å². The fourth-order valence-electron chi connectivity index (χ4n) is 2.92. The summed E-state index contributed by atoms with van der Waals surface area (Å²) < 4.78 is 41.3. The first-order valence-electron chi connectivity index (χ1n) is 8.59. The van der Waals surface area contributed by atoms with Gasteiger partial charge in [0.25, 0.3) is 5.91 Å². The molecular weight excluding hydrogens is 383 g/mol. The van der Waals surface area contributed by atoms with Gasteiger partial charge in [0.2, 0.25) is 0 Å². The molecule has 3 heterocycles. The molecule has 0 atom stereocenters. The van der Waals surface area contributed by atoms with Gasteiger partial charge >= 0.3 is 6.18 Å². The van der Waals surface area contributed by atoms with Crippen molar-refractivity contribution in [3.63, 3.8) is 0 Å². The molecule has 0 saturated carbocycles. The number of hydrogen-bond donors (Lipinski definition) is 1. The summed E-state index contributed by atoms with van der Waals surface area (Å²) >= 11 is 0. The zero-order valence-corrected chi connectivity index (χ0v) is 15.1. The molecule has 6 nitrogen and oxygen atoms in total. The van der Waals surface area contributed by atoms with Gasteiger partial charge in [-0.2, -0.15) is 18.3 Å². The number of carbonyl (C=O) groups excluding carboxylic acids is 1. The van der Waals surface area contributed by atoms with Gasteiger partial charge in [-0.3, -0.25) is 4.79 Å². The molecular formula is C20H14F3N5O. The Morgan fingerprint density at radius 3 is 2.59 bits per heavy atom. The molecule has 0 bridgehead atoms. The molecule has 0 spiro atoms. The average Bonchev–Trinajstić information content (AvgIpc) is 3.10. The standard InChI is InChI=1S/C20H14F3N5O/c1-12-5-4-8-17(25-12)26-19(29)16-11-24-18-10-9-15(27-28(16)18)13-6-2-3-7-14(13)20(21,22)23/h2-11H,1H3,(H,25,26,29). The van der Waals surface area contributed by atoms with Gasteiger partial charge in [-0.05, 0) is 37.3 Å². The summed E-state index contributed by atoms with van der Waals surface area (Å²) in [6.07, 6.45) is -3.22. The first kappa shape index (κ1) is 18.6. The largest absolute Gasteiger partial charge is 0.417 e. The number of halogens is 3. The highest BCUT2D eigenvalue weighted by molar-refractivity contribution is 6.02. The van der Waals surface area contributed by atoms with Crippen molar-refractivity contribution in [2.75, 3.05) is 5.32 Å². The maximum atomic E-state index is 13.4. The van der Waals surface area contributed by atoms with Gasteiger partial charge in [0.05, 0.1) is 17.5 Å². The summed E-state index contributed by atoms with van der Waals surface area (Å²) in [6.45, 7) is 1.79. The van der Waals surface area contributed by atoms with Crippen LogP contribution in [0.2, 0.25) is 0 Å². The molecule has 0 aliphatic rings. The molecule has 146 valence electrons. The van der Waals surface area contributed by atoms with Gasteiger partial charge in [-0.25, -0.2) is 14.5 Å². The summed E-state index contributed by atoms with van der Waals surface area (Å²) in [5.74, 6) is -0.173. The zero-order chi connectivity index (χ0) is 20.6. The van der Waals surface area contributed by atoms with Gasteiger partial charge in [0.15, 0.2) is 11.3 Å². The third-order valence-corrected chi connectivity index (χ3v) is 4.23. The summed E-state index contributed by atoms with van der Waals surface area (Å²) in [7, 11) is 0. The van der Waals surface area contributed by atoms with E-state index in [9.17, 15) is 18.0 Å². The molecule has 0 radical (unpaired) electrons. The highest BCUT2D eigenvalue weighted by Crippen LogP contribution is 2.36. The molecule has 0 aliphatic heterocycles. The SMILES string of the molecule is Cc1cccc(NC(=O)c2cnc3ccc(-c4ccccc4C(F)(F)F)nn23)n1. The van der Waals surface area contributed by atoms with Gasteiger partial charge in [0.1, 0.15) is 5.82 Å². The predicted molar refractivity (Wildman–Crippen MR) is 100 cm³/mol. The van der Waals surface area contributed by atoms with Crippen LogP contribution < -0.4 is 5.32 Å². The number of amides is 1. The van der Waals surface area contributed by atoms with Crippen LogP contribution in [0.4, 0.5) is 19.0 Å². The van der Waals surface area contributed by atoms with Crippen LogP contribution in [0, 0.1) is 6.92 Å². The molecule has 9 heteroatoms. The quantitative estimate of drug-likeness (QED) is 0.557. The average molecular weight is 397 g/mol. The van der Waals surface area contributed by atoms with Crippen LogP contribution >= 0.6 is 0 Å². The lowest BCUT2D eigenvalue weighted by molar-refractivity contribution is -0.137. The van der Waals surface area contributed by atoms with Crippen molar-refractivity contribution in [3.05, 3.63) is 77.7 Å². The smallest absolute Gasteiger partial charge is 0.305 e. The molecule has 0 fully saturated rings. The molecule has 4 rings (SSSR count). The van der Waals surface area contributed by atoms with Crippen molar-refractivity contribution < 1.29 is 18.0 Å². The third kappa shape index (κ3) is 3.66. The summed E-state index contributed by atoms with van der Waals surface area (Å²) in [5.41, 5.74) is 0.329. The second kappa shape index (κ2) is 7.01. The first-order valence-corrected chi connectivity index (χ1v) is 8.59. The van der Waals surface area contributed by atoms with Gasteiger partial charge < -0.3 is 5.32 Å². The van der Waals surface area contributed by atoms with Crippen molar-refractivity contribution in [3.8, 4) is 11.3 Å². The van der Waals surface area contributed by atoms with E-state index in [1.54, 1.807) is 25.1 Å². The van der Waals surface area contributed by atoms with E-state index >= 15 is 0 Å². The molecule has 29 heavy (non-hydrogen) atoms. The van der Waals surface area contributed by atoms with E-state index in [-0.39, 0.29) is 17.0 Å². The monoisotopic (exact) mass is 397 g/mol. The zero-order valence-electron chi connectivity index (χ0n) is 15.1. The molecule has 0 aliphatic carbocycles. The number of rotatable bonds is 3. The minimum atomic E-state index is -4.53. The highest BCUT2D eigenvalue weighted by Gasteiger charge is 2.33. The van der Waals surface area contributed by atoms with E-state index in [4.69, 9.17) is 0 Å². The number of aromatic nitrogens is 4. The lowest BCUT2D eigenvalue weighted by Gasteiger charge is -2.12. The Kier molecular flexibility index (Phi) is 4.50. The van der Waals surface area contributed by atoms with E-state index in [1.165, 1.54) is 41.0 Å². The van der Waals surface area contributed by atoms with Crippen LogP contribution in [0.5, 0.6) is 0 Å². The van der Waals surface area contributed by atoms with Crippen LogP contribution in [0.1, 0.15) is 21.7 Å². The number of hydrogen-bond acceptors (Lipinski definition) is 4. The Labute approximate surface area is 163 Å². The predicted octanol–water partition coefficient (Wildman–Crippen LogP) is 4.37. The highest BCUT2D eigenvalue weighted by atomic mass is 19.4. The second-order valence-corrected chi connectivity index (χ2v) is 6.29. The number of imidazole rings is 1. The molecule has 0 unspecified atom stereocenters. The van der Waals surface area contributed by atoms with E-state index in [1.807, 2.05) is 0 Å². The van der Waals surface area contributed by atoms with Crippen LogP contribution in [0.25, 0.3) is 16.9 Å². The Hall–Kier alpha value is -3.75. The van der Waals surface area contributed by atoms with E-state index in [0.29, 0.717) is 11.5 Å². The molecule has 1 N–H and O–H groups in total. The van der Waals surface area contributed by atoms with Crippen molar-refractivity contribution in [2.45, 2.75) is 13.1 Å². The Morgan fingerprint density at radius 2 is 1.83 bits per heavy atom. The lowest BCUT2D eigenvalue weighted by Crippen LogP contribution is -2.16. The Balaban J connectivity index is 1.75. The Bertz CT molecular complexity index is 1220. The Morgan fingerprint density at radius 1 is 1.03 bits per heavy atom. The molecule has 1 aromatic carbocycles. The number of nitrogens with zero attached hydrogens (tertiary/aromatic N) is 4. The van der Waals surface area contributed by atoms with Gasteiger partial charge in [-0.1, -0.05) is 24.3 Å². The van der Waals surface area contributed by atoms with Crippen LogP contribution in [0.3, 0.4) is 0 Å². The molecule has 1 amide bonds. The van der Waals surface area contributed by atoms with Gasteiger partial charge in [0, 0.05) is 11.3 Å². The fourth-order valence-corrected chi connectivity index (χ4v) is 2.92. The minimum Gasteiger partial charge on any atom is -0.305 e. The molecule has 0 saturated heterocycles. The molecule has 4 aromatic rings. The summed E-state index contributed by atoms with van der Waals surface area (Å²) in [4.78, 5) is 20.9. The number of benzene rings is 1. The number of carbonyl (C=O) groups is 1. The third-order valence-electron chi connectivity index (χ3n) is 4.23. The van der Waals surface area contributed by atoms with Crippen molar-refractivity contribution in [1.29, 1.82) is 0 Å². The topological polar surface area (TPSA) is 72.2 Å². The summed E-state index contributed by atoms with van der Waals surface area (Å²) in [6, 6.07) is 13.3. The summed E-state index contributed by atoms with van der Waals surface area (Å²) in [5, 5.41) is 6.87. The molecule has 3 aromatic heterocycles.